The molecule has 1 heterocycles. The number of nitrogens with zero attached hydrogens (tertiary/aromatic N) is 1. The number of rotatable bonds is 4. The molecule has 1 atom stereocenters. The second-order valence-corrected chi connectivity index (χ2v) is 4.55. The summed E-state index contributed by atoms with van der Waals surface area (Å²) in [4.78, 5) is 0. The first-order chi connectivity index (χ1) is 8.40. The third-order valence-electron chi connectivity index (χ3n) is 3.26. The van der Waals surface area contributed by atoms with Gasteiger partial charge in [0.25, 0.3) is 0 Å². The molecule has 0 aliphatic carbocycles. The predicted octanol–water partition coefficient (Wildman–Crippen LogP) is 1.79. The van der Waals surface area contributed by atoms with Gasteiger partial charge in [-0.2, -0.15) is 5.26 Å². The molecule has 0 bridgehead atoms. The Kier molecular flexibility index (Phi) is 4.54. The highest BCUT2D eigenvalue weighted by atomic mass is 15.0. The highest BCUT2D eigenvalue weighted by Crippen LogP contribution is 2.08. The van der Waals surface area contributed by atoms with E-state index >= 15 is 0 Å². The molecular formula is C14H19N3. The van der Waals surface area contributed by atoms with Gasteiger partial charge in [-0.1, -0.05) is 24.6 Å². The molecule has 2 N–H and O–H groups in total. The average Bonchev–Trinajstić information content (AvgIpc) is 2.40. The standard InChI is InChI=1S/C14H19N3/c15-9-12-5-1-2-6-13(12)10-16-11-14-7-3-4-8-17-14/h1-2,5-6,14,16-17H,3-4,7-8,10-11H2/t14-/m0/s1. The van der Waals surface area contributed by atoms with Crippen molar-refractivity contribution < 1.29 is 0 Å². The summed E-state index contributed by atoms with van der Waals surface area (Å²) in [6, 6.07) is 10.6. The van der Waals surface area contributed by atoms with E-state index in [1.165, 1.54) is 19.3 Å². The number of benzene rings is 1. The third kappa shape index (κ3) is 3.55. The molecule has 2 rings (SSSR count). The molecule has 0 radical (unpaired) electrons. The van der Waals surface area contributed by atoms with E-state index in [1.807, 2.05) is 24.3 Å². The van der Waals surface area contributed by atoms with E-state index in [1.54, 1.807) is 0 Å². The quantitative estimate of drug-likeness (QED) is 0.827. The van der Waals surface area contributed by atoms with Gasteiger partial charge >= 0.3 is 0 Å². The van der Waals surface area contributed by atoms with E-state index in [-0.39, 0.29) is 0 Å². The molecule has 0 saturated carbocycles. The maximum absolute atomic E-state index is 8.98. The molecule has 1 aromatic rings. The molecule has 3 nitrogen and oxygen atoms in total. The Morgan fingerprint density at radius 2 is 2.24 bits per heavy atom. The van der Waals surface area contributed by atoms with E-state index in [9.17, 15) is 0 Å². The largest absolute Gasteiger partial charge is 0.313 e. The monoisotopic (exact) mass is 229 g/mol. The smallest absolute Gasteiger partial charge is 0.0995 e. The van der Waals surface area contributed by atoms with Crippen molar-refractivity contribution in [3.05, 3.63) is 35.4 Å². The summed E-state index contributed by atoms with van der Waals surface area (Å²) in [6.45, 7) is 2.91. The van der Waals surface area contributed by atoms with Crippen LogP contribution < -0.4 is 10.6 Å². The van der Waals surface area contributed by atoms with E-state index in [0.717, 1.165) is 30.8 Å². The summed E-state index contributed by atoms with van der Waals surface area (Å²) in [7, 11) is 0. The fourth-order valence-electron chi connectivity index (χ4n) is 2.26. The van der Waals surface area contributed by atoms with Gasteiger partial charge in [-0.05, 0) is 31.0 Å². The van der Waals surface area contributed by atoms with Crippen molar-refractivity contribution in [2.24, 2.45) is 0 Å². The van der Waals surface area contributed by atoms with Crippen LogP contribution in [0.2, 0.25) is 0 Å². The maximum Gasteiger partial charge on any atom is 0.0995 e. The molecule has 90 valence electrons. The van der Waals surface area contributed by atoms with Crippen molar-refractivity contribution in [1.29, 1.82) is 5.26 Å². The zero-order chi connectivity index (χ0) is 11.9. The summed E-state index contributed by atoms with van der Waals surface area (Å²) < 4.78 is 0. The van der Waals surface area contributed by atoms with Gasteiger partial charge in [0.15, 0.2) is 0 Å². The normalized spacial score (nSPS) is 19.8. The van der Waals surface area contributed by atoms with Crippen LogP contribution in [-0.2, 0) is 6.54 Å². The zero-order valence-corrected chi connectivity index (χ0v) is 10.1. The molecule has 1 saturated heterocycles. The van der Waals surface area contributed by atoms with E-state index < -0.39 is 0 Å². The molecule has 1 aliphatic rings. The predicted molar refractivity (Wildman–Crippen MR) is 68.5 cm³/mol. The van der Waals surface area contributed by atoms with E-state index in [2.05, 4.69) is 16.7 Å². The Morgan fingerprint density at radius 3 is 3.00 bits per heavy atom. The third-order valence-corrected chi connectivity index (χ3v) is 3.26. The Bertz CT molecular complexity index is 389. The number of hydrogen-bond acceptors (Lipinski definition) is 3. The fraction of sp³-hybridized carbons (Fsp3) is 0.500. The molecule has 3 heteroatoms. The summed E-state index contributed by atoms with van der Waals surface area (Å²) in [5, 5.41) is 15.9. The van der Waals surface area contributed by atoms with Crippen molar-refractivity contribution in [3.63, 3.8) is 0 Å². The lowest BCUT2D eigenvalue weighted by molar-refractivity contribution is 0.383. The number of nitrogens with one attached hydrogen (secondary N) is 2. The lowest BCUT2D eigenvalue weighted by Crippen LogP contribution is -2.41. The fourth-order valence-corrected chi connectivity index (χ4v) is 2.26. The van der Waals surface area contributed by atoms with Gasteiger partial charge < -0.3 is 10.6 Å². The van der Waals surface area contributed by atoms with Gasteiger partial charge in [-0.25, -0.2) is 0 Å². The molecule has 0 aromatic heterocycles. The lowest BCUT2D eigenvalue weighted by atomic mass is 10.0. The summed E-state index contributed by atoms with van der Waals surface area (Å²) >= 11 is 0. The van der Waals surface area contributed by atoms with Crippen LogP contribution in [-0.4, -0.2) is 19.1 Å². The van der Waals surface area contributed by atoms with Gasteiger partial charge in [0.2, 0.25) is 0 Å². The van der Waals surface area contributed by atoms with Crippen LogP contribution in [0.25, 0.3) is 0 Å². The number of hydrogen-bond donors (Lipinski definition) is 2. The van der Waals surface area contributed by atoms with Crippen LogP contribution in [0.15, 0.2) is 24.3 Å². The lowest BCUT2D eigenvalue weighted by Gasteiger charge is -2.23. The van der Waals surface area contributed by atoms with Crippen LogP contribution in [0.3, 0.4) is 0 Å². The minimum atomic E-state index is 0.595. The molecule has 1 aromatic carbocycles. The topological polar surface area (TPSA) is 47.9 Å². The number of nitriles is 1. The van der Waals surface area contributed by atoms with Crippen LogP contribution >= 0.6 is 0 Å². The number of piperidine rings is 1. The minimum Gasteiger partial charge on any atom is -0.313 e. The first kappa shape index (κ1) is 12.1. The maximum atomic E-state index is 8.98. The zero-order valence-electron chi connectivity index (χ0n) is 10.1. The Labute approximate surface area is 103 Å². The molecular weight excluding hydrogens is 210 g/mol. The molecule has 1 fully saturated rings. The first-order valence-electron chi connectivity index (χ1n) is 6.32. The summed E-state index contributed by atoms with van der Waals surface area (Å²) in [5.74, 6) is 0. The summed E-state index contributed by atoms with van der Waals surface area (Å²) in [6.07, 6.45) is 3.88. The van der Waals surface area contributed by atoms with Crippen LogP contribution in [0.4, 0.5) is 0 Å². The SMILES string of the molecule is N#Cc1ccccc1CNC[C@@H]1CCCCN1. The molecule has 1 aliphatic heterocycles. The van der Waals surface area contributed by atoms with Gasteiger partial charge in [-0.3, -0.25) is 0 Å². The molecule has 0 amide bonds. The van der Waals surface area contributed by atoms with Crippen molar-refractivity contribution >= 4 is 0 Å². The van der Waals surface area contributed by atoms with Gasteiger partial charge in [0.05, 0.1) is 11.6 Å². The molecule has 0 spiro atoms. The second-order valence-electron chi connectivity index (χ2n) is 4.55. The van der Waals surface area contributed by atoms with Gasteiger partial charge in [-0.15, -0.1) is 0 Å². The van der Waals surface area contributed by atoms with Crippen molar-refractivity contribution in [1.82, 2.24) is 10.6 Å². The van der Waals surface area contributed by atoms with E-state index in [0.29, 0.717) is 6.04 Å². The first-order valence-corrected chi connectivity index (χ1v) is 6.32. The highest BCUT2D eigenvalue weighted by Gasteiger charge is 2.11. The highest BCUT2D eigenvalue weighted by molar-refractivity contribution is 5.37. The van der Waals surface area contributed by atoms with Gasteiger partial charge in [0.1, 0.15) is 0 Å². The summed E-state index contributed by atoms with van der Waals surface area (Å²) in [5.41, 5.74) is 1.86. The van der Waals surface area contributed by atoms with Crippen LogP contribution in [0, 0.1) is 11.3 Å². The minimum absolute atomic E-state index is 0.595. The van der Waals surface area contributed by atoms with Crippen LogP contribution in [0.1, 0.15) is 30.4 Å². The van der Waals surface area contributed by atoms with Crippen LogP contribution in [0.5, 0.6) is 0 Å². The van der Waals surface area contributed by atoms with Crippen molar-refractivity contribution in [2.45, 2.75) is 31.8 Å². The van der Waals surface area contributed by atoms with Crippen molar-refractivity contribution in [3.8, 4) is 6.07 Å². The van der Waals surface area contributed by atoms with Crippen molar-refractivity contribution in [2.75, 3.05) is 13.1 Å². The molecule has 17 heavy (non-hydrogen) atoms. The average molecular weight is 229 g/mol. The molecule has 0 unspecified atom stereocenters. The van der Waals surface area contributed by atoms with E-state index in [4.69, 9.17) is 5.26 Å². The Morgan fingerprint density at radius 1 is 1.35 bits per heavy atom. The Hall–Kier alpha value is -1.37. The second kappa shape index (κ2) is 6.39. The van der Waals surface area contributed by atoms with Gasteiger partial charge in [0, 0.05) is 19.1 Å². The Balaban J connectivity index is 1.79.